The van der Waals surface area contributed by atoms with E-state index in [2.05, 4.69) is 22.9 Å². The molecule has 0 spiro atoms. The SMILES string of the molecule is C1CCOC1.C1CCOC1.CN1C(=O)CCC1=O.O=CO[O-].[2H]C([2H])(C(N)=O)C([2H])([2H])[C@]([2H])(N)C(=O)O.[2H]C([2H])(C(N)=O)C([2H])([2H])[C@]([2H])(NC(=O)OCc1ccccc1)C(=O)O.[2H]C1([2H])C(=O)NC(=O)[C@@]([2H])(C)C1([2H])[2H].[2H]CI.[2H]Cl.[2H]N1C(=O)C([2H])([2H])C([2H])([2H])[C@]([2H])(C)C1=O.[Na+]. The zero-order chi connectivity index (χ0) is 77.1. The summed E-state index contributed by atoms with van der Waals surface area (Å²) in [6, 6.07) is 1.34. The largest absolute Gasteiger partial charge is 1.00 e. The minimum absolute atomic E-state index is 0. The predicted octanol–water partition coefficient (Wildman–Crippen LogP) is -2.32. The van der Waals surface area contributed by atoms with Gasteiger partial charge in [-0.15, -0.1) is 12.3 Å². The van der Waals surface area contributed by atoms with Crippen LogP contribution in [0.3, 0.4) is 0 Å². The summed E-state index contributed by atoms with van der Waals surface area (Å²) in [7, 11) is 1.51. The summed E-state index contributed by atoms with van der Waals surface area (Å²) in [4.78, 5) is 134. The van der Waals surface area contributed by atoms with Crippen LogP contribution < -0.4 is 68.0 Å². The average molecular weight is 1220 g/mol. The van der Waals surface area contributed by atoms with Crippen LogP contribution in [0.15, 0.2) is 30.3 Å². The maximum Gasteiger partial charge on any atom is 1.00 e. The number of alkyl halides is 1. The fourth-order valence-corrected chi connectivity index (χ4v) is 3.86. The van der Waals surface area contributed by atoms with Crippen molar-refractivity contribution in [2.75, 3.05) is 38.4 Å². The zero-order valence-electron chi connectivity index (χ0n) is 63.2. The number of nitrogens with one attached hydrogen (secondary N) is 3. The van der Waals surface area contributed by atoms with Gasteiger partial charge in [0.05, 0.1) is 2.74 Å². The van der Waals surface area contributed by atoms with Crippen LogP contribution in [0, 0.1) is 11.8 Å². The van der Waals surface area contributed by atoms with E-state index in [1.807, 2.05) is 22.6 Å². The summed E-state index contributed by atoms with van der Waals surface area (Å²) in [5.74, 6) is -18.2. The second kappa shape index (κ2) is 50.3. The van der Waals surface area contributed by atoms with Crippen LogP contribution in [-0.2, 0) is 78.4 Å². The number of carbonyl (C=O) groups is 12. The number of imide groups is 3. The van der Waals surface area contributed by atoms with Gasteiger partial charge in [-0.2, -0.15) is 0 Å². The van der Waals surface area contributed by atoms with Crippen molar-refractivity contribution in [1.29, 1.82) is 1.17 Å². The van der Waals surface area contributed by atoms with Gasteiger partial charge in [-0.05, 0) is 61.6 Å². The zero-order valence-corrected chi connectivity index (χ0v) is 45.1. The number of hydrogen-bond acceptors (Lipinski definition) is 18. The standard InChI is InChI=1S/C13H16N2O5.2C6H9NO2.C5H10N2O3.C5H7NO2.2C4H8O.CH3I.CH2O3.ClH.Na/c14-11(16)7-6-10(12(17)18)15-13(19)20-8-9-4-2-1-3-5-9;2*1-4-2-3-5(8)7-6(4)9;6-3(5(9)10)1-2-4(7)8;1-6-4(7)2-3-5(6)8;2*1-2-4-5-3-1;1-2;2-1-4-3;;/h1-5,10H,6-8H2,(H2,14,16)(H,15,19)(H,17,18);2*4H,2-3H2,1H3,(H,7,8,9);3H,1-2,6H2,(H2,7,8)(H,9,10);2-3H2,1H3;2*1-4H2;1H3;1,3H;1H;/q;;;;;;;;;;+1/p-1/t10-;2*4-;3-;;;;;;;/m0000......./s1/i6D2,7D2,10D;2*2D2,3D2,4D;1D2,2D2,3D;;;;1D;;;/hD2. The minimum Gasteiger partial charge on any atom is -0.662 e. The number of nitrogens with zero attached hydrogens (tertiary/aromatic N) is 1. The molecule has 1 aromatic carbocycles. The first-order chi connectivity index (χ1) is 43.3. The van der Waals surface area contributed by atoms with E-state index in [9.17, 15) is 52.7 Å². The Kier molecular flexibility index (Phi) is 28.7. The maximum atomic E-state index is 11.8. The van der Waals surface area contributed by atoms with E-state index in [0.717, 1.165) is 40.3 Å². The Morgan fingerprint density at radius 1 is 0.919 bits per heavy atom. The number of primary amides is 2. The summed E-state index contributed by atoms with van der Waals surface area (Å²) in [5.41, 5.74) is 14.7. The van der Waals surface area contributed by atoms with Crippen LogP contribution in [-0.4, -0.2) is 138 Å². The number of ether oxygens (including phenoxy) is 3. The fourth-order valence-electron chi connectivity index (χ4n) is 3.86. The number of amides is 9. The Balaban J connectivity index is -0.000000347. The number of hydrogen-bond donors (Lipinski definition) is 8. The molecule has 5 fully saturated rings. The summed E-state index contributed by atoms with van der Waals surface area (Å²) < 4.78 is 179. The third-order valence-corrected chi connectivity index (χ3v) is 7.32. The molecule has 5 aliphatic rings. The van der Waals surface area contributed by atoms with Gasteiger partial charge in [0.2, 0.25) is 47.3 Å². The summed E-state index contributed by atoms with van der Waals surface area (Å²) in [5, 5.41) is 28.8. The number of carbonyl (C=O) groups excluding carboxylic acids is 10. The molecule has 9 amide bonds. The first-order valence-corrected chi connectivity index (χ1v) is 21.5. The summed E-state index contributed by atoms with van der Waals surface area (Å²) in [6.07, 6.45) is -21.4. The van der Waals surface area contributed by atoms with Crippen molar-refractivity contribution in [3.05, 3.63) is 35.9 Å². The van der Waals surface area contributed by atoms with E-state index in [4.69, 9.17) is 77.3 Å². The number of halogens is 2. The van der Waals surface area contributed by atoms with Crippen molar-refractivity contribution < 1.29 is 152 Å². The Morgan fingerprint density at radius 3 is 1.72 bits per heavy atom. The molecule has 5 aliphatic heterocycles. The van der Waals surface area contributed by atoms with Crippen LogP contribution in [0.2, 0.25) is 1.41 Å². The van der Waals surface area contributed by atoms with Gasteiger partial charge in [-0.25, -0.2) is 9.59 Å². The molecule has 74 heavy (non-hydrogen) atoms. The second-order valence-corrected chi connectivity index (χ2v) is 12.7. The monoisotopic (exact) mass is 1220 g/mol. The van der Waals surface area contributed by atoms with Crippen LogP contribution in [0.4, 0.5) is 4.79 Å². The number of aliphatic carboxylic acids is 2. The van der Waals surface area contributed by atoms with Gasteiger partial charge in [0.15, 0.2) is 1.41 Å². The smallest absolute Gasteiger partial charge is 0.662 e. The van der Waals surface area contributed by atoms with E-state index in [0.29, 0.717) is 23.3 Å². The van der Waals surface area contributed by atoms with Gasteiger partial charge in [-0.3, -0.25) is 63.5 Å². The van der Waals surface area contributed by atoms with E-state index in [-0.39, 0.29) is 59.8 Å². The number of nitrogens with two attached hydrogens (primary N) is 3. The molecule has 11 N–H and O–H groups in total. The number of piperidine rings is 2. The van der Waals surface area contributed by atoms with Gasteiger partial charge < -0.3 is 57.1 Å². The van der Waals surface area contributed by atoms with Crippen molar-refractivity contribution in [3.8, 4) is 0 Å². The van der Waals surface area contributed by atoms with Crippen LogP contribution in [0.25, 0.3) is 0 Å². The van der Waals surface area contributed by atoms with Gasteiger partial charge in [0.25, 0.3) is 6.47 Å². The minimum atomic E-state index is -3.70. The van der Waals surface area contributed by atoms with Gasteiger partial charge in [0.1, 0.15) is 19.8 Å². The summed E-state index contributed by atoms with van der Waals surface area (Å²) in [6.45, 7) is 5.31. The molecule has 0 bridgehead atoms. The Labute approximate surface area is 504 Å². The molecule has 1 aromatic rings. The molecule has 0 saturated carbocycles. The Hall–Kier alpha value is -4.88. The number of rotatable bonds is 12. The van der Waals surface area contributed by atoms with Crippen LogP contribution in [0.5, 0.6) is 0 Å². The van der Waals surface area contributed by atoms with E-state index in [1.54, 1.807) is 35.6 Å². The quantitative estimate of drug-likeness (QED) is 0.0207. The molecule has 0 aliphatic carbocycles. The van der Waals surface area contributed by atoms with Crippen molar-refractivity contribution in [1.82, 2.24) is 20.8 Å². The Morgan fingerprint density at radius 2 is 1.35 bits per heavy atom. The number of likely N-dealkylation sites (tertiary alicyclic amines) is 1. The third kappa shape index (κ3) is 45.7. The number of carboxylic acid groups (broad SMARTS) is 2. The second-order valence-electron chi connectivity index (χ2n) is 12.7. The molecular formula is C45H72ClIN7NaO19. The molecule has 0 aromatic heterocycles. The normalized spacial score (nSPS) is 28.3. The first kappa shape index (κ1) is 42.3. The first-order valence-electron chi connectivity index (χ1n) is 31.5. The molecule has 416 valence electrons. The molecule has 5 saturated heterocycles. The van der Waals surface area contributed by atoms with E-state index >= 15 is 0 Å². The number of alkyl carbamates (subject to hydrolysis) is 1. The van der Waals surface area contributed by atoms with Gasteiger partial charge >= 0.3 is 47.6 Å². The van der Waals surface area contributed by atoms with Crippen LogP contribution >= 0.6 is 34.9 Å². The molecule has 5 heterocycles. The fraction of sp³-hybridized carbons (Fsp3) is 0.600. The van der Waals surface area contributed by atoms with Crippen LogP contribution in [0.1, 0.15) is 138 Å². The van der Waals surface area contributed by atoms with Gasteiger partial charge in [-0.1, -0.05) is 66.8 Å². The molecule has 0 radical (unpaired) electrons. The predicted molar refractivity (Wildman–Crippen MR) is 268 cm³/mol. The molecular weight excluding hydrogens is 1130 g/mol. The number of carboxylic acids is 2. The molecule has 26 nitrogen and oxygen atoms in total. The number of benzene rings is 1. The van der Waals surface area contributed by atoms with Crippen molar-refractivity contribution in [3.63, 3.8) is 0 Å². The summed E-state index contributed by atoms with van der Waals surface area (Å²) >= 11 is 5.84. The van der Waals surface area contributed by atoms with Crippen molar-refractivity contribution >= 4 is 107 Å². The van der Waals surface area contributed by atoms with Gasteiger partial charge in [0, 0.05) is 110 Å². The van der Waals surface area contributed by atoms with Crippen molar-refractivity contribution in [2.45, 2.75) is 122 Å². The Bertz CT molecular complexity index is 2700. The van der Waals surface area contributed by atoms with Crippen molar-refractivity contribution in [2.24, 2.45) is 29.0 Å². The van der Waals surface area contributed by atoms with E-state index in [1.165, 1.54) is 42.9 Å². The molecule has 29 heteroatoms. The third-order valence-electron chi connectivity index (χ3n) is 7.32. The molecule has 0 unspecified atom stereocenters. The average Bonchev–Trinajstić information content (AvgIpc) is 1.25. The molecule has 6 rings (SSSR count). The maximum absolute atomic E-state index is 11.8. The topological polar surface area (TPSA) is 423 Å². The molecule has 4 atom stereocenters. The van der Waals surface area contributed by atoms with E-state index < -0.39 is 128 Å².